The molecule has 5 aliphatic heterocycles. The number of methoxy groups -OCH3 is 1. The van der Waals surface area contributed by atoms with E-state index in [2.05, 4.69) is 25.8 Å². The Morgan fingerprint density at radius 1 is 0.957 bits per heavy atom. The summed E-state index contributed by atoms with van der Waals surface area (Å²) in [4.78, 5) is 28.1. The van der Waals surface area contributed by atoms with Crippen LogP contribution in [-0.2, 0) is 24.0 Å². The zero-order chi connectivity index (χ0) is 31.6. The van der Waals surface area contributed by atoms with Crippen LogP contribution in [-0.4, -0.2) is 96.6 Å². The van der Waals surface area contributed by atoms with Crippen LogP contribution in [0, 0.1) is 11.8 Å². The van der Waals surface area contributed by atoms with E-state index in [4.69, 9.17) is 38.7 Å². The lowest BCUT2D eigenvalue weighted by atomic mass is 9.63. The van der Waals surface area contributed by atoms with Crippen molar-refractivity contribution in [1.29, 1.82) is 0 Å². The molecular weight excluding hydrogens is 594 g/mol. The summed E-state index contributed by atoms with van der Waals surface area (Å²) in [6.07, 6.45) is 5.75. The van der Waals surface area contributed by atoms with Crippen molar-refractivity contribution < 1.29 is 33.8 Å². The Morgan fingerprint density at radius 3 is 2.61 bits per heavy atom. The van der Waals surface area contributed by atoms with Crippen molar-refractivity contribution in [2.24, 2.45) is 11.8 Å². The zero-order valence-electron chi connectivity index (χ0n) is 26.8. The molecule has 6 heterocycles. The van der Waals surface area contributed by atoms with Gasteiger partial charge in [0.25, 0.3) is 0 Å². The molecule has 252 valence electrons. The normalized spacial score (nSPS) is 33.6. The molecular formula is C32H47N7O7. The number of rotatable bonds is 12. The van der Waals surface area contributed by atoms with Crippen LogP contribution in [0.2, 0.25) is 0 Å². The largest absolute Gasteiger partial charge is 0.497 e. The van der Waals surface area contributed by atoms with Crippen LogP contribution in [0.4, 0.5) is 23.5 Å². The summed E-state index contributed by atoms with van der Waals surface area (Å²) in [5.74, 6) is 1.66. The topological polar surface area (TPSA) is 154 Å². The Kier molecular flexibility index (Phi) is 9.46. The van der Waals surface area contributed by atoms with E-state index in [1.54, 1.807) is 7.11 Å². The first kappa shape index (κ1) is 31.7. The Balaban J connectivity index is 0.904. The lowest BCUT2D eigenvalue weighted by Crippen LogP contribution is -2.71. The van der Waals surface area contributed by atoms with E-state index in [0.29, 0.717) is 44.1 Å². The molecule has 1 aliphatic carbocycles. The van der Waals surface area contributed by atoms with Crippen molar-refractivity contribution in [3.8, 4) is 5.75 Å². The first-order valence-corrected chi connectivity index (χ1v) is 16.8. The Morgan fingerprint density at radius 2 is 1.78 bits per heavy atom. The smallest absolute Gasteiger partial charge is 0.233 e. The van der Waals surface area contributed by atoms with Crippen LogP contribution in [0.1, 0.15) is 58.3 Å². The van der Waals surface area contributed by atoms with Crippen molar-refractivity contribution in [2.75, 3.05) is 62.0 Å². The number of aromatic nitrogens is 3. The van der Waals surface area contributed by atoms with Crippen LogP contribution in [0.25, 0.3) is 0 Å². The van der Waals surface area contributed by atoms with Crippen molar-refractivity contribution in [1.82, 2.24) is 20.3 Å². The van der Waals surface area contributed by atoms with E-state index in [0.717, 1.165) is 69.5 Å². The summed E-state index contributed by atoms with van der Waals surface area (Å²) < 4.78 is 23.9. The van der Waals surface area contributed by atoms with E-state index in [1.807, 2.05) is 31.2 Å². The second-order valence-corrected chi connectivity index (χ2v) is 13.1. The third-order valence-corrected chi connectivity index (χ3v) is 10.0. The molecule has 2 bridgehead atoms. The number of hydrogen-bond acceptors (Lipinski definition) is 14. The van der Waals surface area contributed by atoms with Gasteiger partial charge in [0.05, 0.1) is 13.7 Å². The molecule has 1 saturated carbocycles. The molecule has 1 spiro atoms. The highest BCUT2D eigenvalue weighted by molar-refractivity contribution is 5.57. The summed E-state index contributed by atoms with van der Waals surface area (Å²) in [7, 11) is 1.65. The van der Waals surface area contributed by atoms with Gasteiger partial charge in [0.15, 0.2) is 18.2 Å². The fourth-order valence-electron chi connectivity index (χ4n) is 7.55. The number of nitrogens with zero attached hydrogens (tertiary/aromatic N) is 4. The monoisotopic (exact) mass is 641 g/mol. The highest BCUT2D eigenvalue weighted by Crippen LogP contribution is 2.57. The number of anilines is 4. The maximum absolute atomic E-state index is 11.3. The molecule has 14 heteroatoms. The average molecular weight is 642 g/mol. The molecule has 0 amide bonds. The van der Waals surface area contributed by atoms with Gasteiger partial charge in [0.2, 0.25) is 23.6 Å². The molecule has 4 unspecified atom stereocenters. The number of nitrogens with one attached hydrogen (secondary N) is 3. The van der Waals surface area contributed by atoms with Gasteiger partial charge in [-0.25, -0.2) is 9.78 Å². The average Bonchev–Trinajstić information content (AvgIpc) is 3.31. The summed E-state index contributed by atoms with van der Waals surface area (Å²) in [6, 6.07) is 7.65. The number of fused-ring (bicyclic) bond motifs is 2. The maximum Gasteiger partial charge on any atom is 0.233 e. The number of piperidine rings is 1. The molecule has 6 fully saturated rings. The minimum absolute atomic E-state index is 0.172. The highest BCUT2D eigenvalue weighted by Gasteiger charge is 2.69. The Hall–Kier alpha value is -2.85. The number of hydrogen-bond donors (Lipinski definition) is 4. The SMILES string of the molecule is COc1ccc(Nc2nc(NCCNCCOC3O[C@@H]4OC5(C)CCC6CCCC([C@H]3O)[C@]64OO5)nc(N3CCCCC3)n2)cc1. The van der Waals surface area contributed by atoms with Crippen molar-refractivity contribution in [3.63, 3.8) is 0 Å². The molecule has 7 atom stereocenters. The fourth-order valence-corrected chi connectivity index (χ4v) is 7.55. The molecule has 1 aromatic heterocycles. The second-order valence-electron chi connectivity index (χ2n) is 13.1. The first-order valence-electron chi connectivity index (χ1n) is 16.8. The Bertz CT molecular complexity index is 1320. The highest BCUT2D eigenvalue weighted by atomic mass is 17.3. The molecule has 6 aliphatic rings. The van der Waals surface area contributed by atoms with Gasteiger partial charge >= 0.3 is 0 Å². The molecule has 1 aromatic carbocycles. The third kappa shape index (κ3) is 6.48. The predicted molar refractivity (Wildman–Crippen MR) is 169 cm³/mol. The van der Waals surface area contributed by atoms with Gasteiger partial charge in [-0.15, -0.1) is 0 Å². The summed E-state index contributed by atoms with van der Waals surface area (Å²) in [5.41, 5.74) is 0.0765. The van der Waals surface area contributed by atoms with Crippen LogP contribution in [0.15, 0.2) is 24.3 Å². The number of benzene rings is 1. The molecule has 14 nitrogen and oxygen atoms in total. The summed E-state index contributed by atoms with van der Waals surface area (Å²) in [6.45, 7) is 5.96. The van der Waals surface area contributed by atoms with Gasteiger partial charge in [-0.05, 0) is 75.6 Å². The second kappa shape index (κ2) is 13.7. The van der Waals surface area contributed by atoms with Gasteiger partial charge in [0, 0.05) is 50.7 Å². The van der Waals surface area contributed by atoms with E-state index in [9.17, 15) is 5.11 Å². The van der Waals surface area contributed by atoms with Crippen molar-refractivity contribution in [3.05, 3.63) is 24.3 Å². The summed E-state index contributed by atoms with van der Waals surface area (Å²) >= 11 is 0. The van der Waals surface area contributed by atoms with Gasteiger partial charge < -0.3 is 44.9 Å². The maximum atomic E-state index is 11.3. The minimum Gasteiger partial charge on any atom is -0.497 e. The minimum atomic E-state index is -0.848. The molecule has 5 saturated heterocycles. The predicted octanol–water partition coefficient (Wildman–Crippen LogP) is 3.32. The van der Waals surface area contributed by atoms with Crippen LogP contribution < -0.4 is 25.6 Å². The Labute approximate surface area is 269 Å². The molecule has 2 aromatic rings. The van der Waals surface area contributed by atoms with E-state index < -0.39 is 30.1 Å². The molecule has 0 radical (unpaired) electrons. The van der Waals surface area contributed by atoms with Gasteiger partial charge in [-0.2, -0.15) is 15.0 Å². The lowest BCUT2D eigenvalue weighted by molar-refractivity contribution is -0.577. The lowest BCUT2D eigenvalue weighted by Gasteiger charge is -2.58. The van der Waals surface area contributed by atoms with Crippen LogP contribution in [0.3, 0.4) is 0 Å². The molecule has 46 heavy (non-hydrogen) atoms. The van der Waals surface area contributed by atoms with Crippen LogP contribution in [0.5, 0.6) is 5.75 Å². The van der Waals surface area contributed by atoms with E-state index in [1.165, 1.54) is 6.42 Å². The third-order valence-electron chi connectivity index (χ3n) is 10.0. The summed E-state index contributed by atoms with van der Waals surface area (Å²) in [5, 5.41) is 21.3. The van der Waals surface area contributed by atoms with E-state index in [-0.39, 0.29) is 11.8 Å². The standard InChI is InChI=1S/C32H47N7O7/c1-31-14-13-21-7-6-8-24-25(40)26(43-27(44-31)32(21,24)46-45-31)42-20-17-33-15-16-34-28-36-29(35-22-9-11-23(41-2)12-10-22)38-30(37-28)39-18-4-3-5-19-39/h9-12,21,24-27,33,40H,3-8,13-20H2,1-2H3,(H2,34,35,36,37,38)/t21?,24?,25-,26?,27-,31?,32-/m1/s1. The van der Waals surface area contributed by atoms with Gasteiger partial charge in [-0.3, -0.25) is 0 Å². The van der Waals surface area contributed by atoms with Crippen LogP contribution >= 0.6 is 0 Å². The fraction of sp³-hybridized carbons (Fsp3) is 0.719. The molecule has 8 rings (SSSR count). The number of aliphatic hydroxyl groups excluding tert-OH is 1. The van der Waals surface area contributed by atoms with E-state index >= 15 is 0 Å². The zero-order valence-corrected chi connectivity index (χ0v) is 26.8. The van der Waals surface area contributed by atoms with Gasteiger partial charge in [-0.1, -0.05) is 6.42 Å². The quantitative estimate of drug-likeness (QED) is 0.198. The first-order chi connectivity index (χ1) is 22.5. The van der Waals surface area contributed by atoms with Crippen molar-refractivity contribution >= 4 is 23.5 Å². The number of aliphatic hydroxyl groups is 1. The van der Waals surface area contributed by atoms with Gasteiger partial charge in [0.1, 0.15) is 11.9 Å². The van der Waals surface area contributed by atoms with Crippen molar-refractivity contribution in [2.45, 2.75) is 88.4 Å². The number of ether oxygens (including phenoxy) is 4. The molecule has 4 N–H and O–H groups in total.